The van der Waals surface area contributed by atoms with Crippen molar-refractivity contribution in [3.63, 3.8) is 0 Å². The Balaban J connectivity index is 1.94. The standard InChI is InChI=1S/C16H15N3OS/c1-11-10-21-16(18-11)19-17-9-14-13-6-4-3-5-12(13)7-8-15(14)20-2/h3-10H,1-2H3,(H,18,19)/b17-9-. The molecule has 0 radical (unpaired) electrons. The molecular weight excluding hydrogens is 282 g/mol. The van der Waals surface area contributed by atoms with Gasteiger partial charge in [-0.3, -0.25) is 5.43 Å². The van der Waals surface area contributed by atoms with E-state index in [4.69, 9.17) is 4.74 Å². The fourth-order valence-corrected chi connectivity index (χ4v) is 2.78. The van der Waals surface area contributed by atoms with Crippen molar-refractivity contribution < 1.29 is 4.74 Å². The molecule has 0 fully saturated rings. The molecule has 0 aliphatic rings. The van der Waals surface area contributed by atoms with Gasteiger partial charge in [0.05, 0.1) is 19.0 Å². The van der Waals surface area contributed by atoms with Crippen molar-refractivity contribution in [1.82, 2.24) is 4.98 Å². The van der Waals surface area contributed by atoms with E-state index < -0.39 is 0 Å². The largest absolute Gasteiger partial charge is 0.496 e. The van der Waals surface area contributed by atoms with Crippen LogP contribution in [-0.4, -0.2) is 18.3 Å². The summed E-state index contributed by atoms with van der Waals surface area (Å²) in [6.45, 7) is 1.96. The van der Waals surface area contributed by atoms with Crippen molar-refractivity contribution in [2.45, 2.75) is 6.92 Å². The molecule has 0 bridgehead atoms. The lowest BCUT2D eigenvalue weighted by molar-refractivity contribution is 0.415. The predicted octanol–water partition coefficient (Wildman–Crippen LogP) is 4.06. The van der Waals surface area contributed by atoms with Crippen LogP contribution in [-0.2, 0) is 0 Å². The molecule has 0 amide bonds. The minimum Gasteiger partial charge on any atom is -0.496 e. The summed E-state index contributed by atoms with van der Waals surface area (Å²) in [5, 5.41) is 9.31. The van der Waals surface area contributed by atoms with Crippen LogP contribution < -0.4 is 10.2 Å². The molecule has 5 heteroatoms. The molecular formula is C16H15N3OS. The van der Waals surface area contributed by atoms with Gasteiger partial charge in [-0.15, -0.1) is 11.3 Å². The highest BCUT2D eigenvalue weighted by Crippen LogP contribution is 2.26. The number of methoxy groups -OCH3 is 1. The van der Waals surface area contributed by atoms with E-state index in [0.29, 0.717) is 0 Å². The van der Waals surface area contributed by atoms with Crippen molar-refractivity contribution in [3.8, 4) is 5.75 Å². The van der Waals surface area contributed by atoms with Crippen LogP contribution in [0.4, 0.5) is 5.13 Å². The molecule has 2 aromatic carbocycles. The van der Waals surface area contributed by atoms with Gasteiger partial charge in [0, 0.05) is 10.9 Å². The molecule has 3 rings (SSSR count). The molecule has 21 heavy (non-hydrogen) atoms. The third-order valence-electron chi connectivity index (χ3n) is 3.12. The fraction of sp³-hybridized carbons (Fsp3) is 0.125. The number of nitrogens with zero attached hydrogens (tertiary/aromatic N) is 2. The molecule has 0 spiro atoms. The van der Waals surface area contributed by atoms with Crippen molar-refractivity contribution in [1.29, 1.82) is 0 Å². The smallest absolute Gasteiger partial charge is 0.203 e. The number of aryl methyl sites for hydroxylation is 1. The molecule has 4 nitrogen and oxygen atoms in total. The maximum atomic E-state index is 5.43. The van der Waals surface area contributed by atoms with E-state index in [1.807, 2.05) is 36.6 Å². The normalized spacial score (nSPS) is 11.1. The molecule has 1 N–H and O–H groups in total. The summed E-state index contributed by atoms with van der Waals surface area (Å²) in [6.07, 6.45) is 1.78. The van der Waals surface area contributed by atoms with Crippen LogP contribution in [0, 0.1) is 6.92 Å². The molecule has 0 saturated heterocycles. The molecule has 0 aliphatic heterocycles. The van der Waals surface area contributed by atoms with Gasteiger partial charge in [-0.05, 0) is 23.8 Å². The highest BCUT2D eigenvalue weighted by Gasteiger charge is 2.05. The number of rotatable bonds is 4. The number of thiazole rings is 1. The number of benzene rings is 2. The Morgan fingerprint density at radius 2 is 2.10 bits per heavy atom. The second-order valence-electron chi connectivity index (χ2n) is 4.57. The number of fused-ring (bicyclic) bond motifs is 1. The number of ether oxygens (including phenoxy) is 1. The topological polar surface area (TPSA) is 46.5 Å². The summed E-state index contributed by atoms with van der Waals surface area (Å²) in [4.78, 5) is 4.31. The van der Waals surface area contributed by atoms with Crippen molar-refractivity contribution in [3.05, 3.63) is 53.0 Å². The summed E-state index contributed by atoms with van der Waals surface area (Å²) in [5.74, 6) is 0.801. The first-order valence-electron chi connectivity index (χ1n) is 6.55. The van der Waals surface area contributed by atoms with Gasteiger partial charge in [0.25, 0.3) is 0 Å². The Bertz CT molecular complexity index is 795. The van der Waals surface area contributed by atoms with Gasteiger partial charge in [-0.25, -0.2) is 4.98 Å². The maximum absolute atomic E-state index is 5.43. The van der Waals surface area contributed by atoms with Gasteiger partial charge in [-0.1, -0.05) is 30.3 Å². The Morgan fingerprint density at radius 1 is 1.24 bits per heavy atom. The lowest BCUT2D eigenvalue weighted by Crippen LogP contribution is -1.95. The lowest BCUT2D eigenvalue weighted by atomic mass is 10.0. The maximum Gasteiger partial charge on any atom is 0.203 e. The molecule has 106 valence electrons. The van der Waals surface area contributed by atoms with Crippen LogP contribution >= 0.6 is 11.3 Å². The zero-order valence-corrected chi connectivity index (χ0v) is 12.6. The number of hydrogen-bond donors (Lipinski definition) is 1. The van der Waals surface area contributed by atoms with Gasteiger partial charge in [0.15, 0.2) is 0 Å². The van der Waals surface area contributed by atoms with Crippen LogP contribution in [0.5, 0.6) is 5.75 Å². The first kappa shape index (κ1) is 13.6. The summed E-state index contributed by atoms with van der Waals surface area (Å²) in [6, 6.07) is 12.2. The number of nitrogens with one attached hydrogen (secondary N) is 1. The zero-order chi connectivity index (χ0) is 14.7. The lowest BCUT2D eigenvalue weighted by Gasteiger charge is -2.08. The summed E-state index contributed by atoms with van der Waals surface area (Å²) in [5.41, 5.74) is 4.89. The van der Waals surface area contributed by atoms with E-state index in [2.05, 4.69) is 27.6 Å². The number of hydrogen-bond acceptors (Lipinski definition) is 5. The van der Waals surface area contributed by atoms with Crippen molar-refractivity contribution >= 4 is 33.5 Å². The summed E-state index contributed by atoms with van der Waals surface area (Å²) < 4.78 is 5.43. The van der Waals surface area contributed by atoms with Gasteiger partial charge in [0.1, 0.15) is 5.75 Å². The van der Waals surface area contributed by atoms with Crippen LogP contribution in [0.2, 0.25) is 0 Å². The van der Waals surface area contributed by atoms with Crippen molar-refractivity contribution in [2.24, 2.45) is 5.10 Å². The minimum atomic E-state index is 0.781. The van der Waals surface area contributed by atoms with E-state index in [1.54, 1.807) is 13.3 Å². The van der Waals surface area contributed by atoms with Gasteiger partial charge >= 0.3 is 0 Å². The SMILES string of the molecule is COc1ccc2ccccc2c1/C=N\Nc1nc(C)cs1. The molecule has 1 heterocycles. The van der Waals surface area contributed by atoms with Crippen LogP contribution in [0.25, 0.3) is 10.8 Å². The molecule has 0 aliphatic carbocycles. The minimum absolute atomic E-state index is 0.781. The molecule has 0 saturated carbocycles. The number of hydrazone groups is 1. The third kappa shape index (κ3) is 2.87. The van der Waals surface area contributed by atoms with Crippen LogP contribution in [0.15, 0.2) is 46.9 Å². The molecule has 1 aromatic heterocycles. The van der Waals surface area contributed by atoms with E-state index in [9.17, 15) is 0 Å². The number of aromatic nitrogens is 1. The van der Waals surface area contributed by atoms with E-state index in [0.717, 1.165) is 32.9 Å². The van der Waals surface area contributed by atoms with Gasteiger partial charge in [-0.2, -0.15) is 5.10 Å². The zero-order valence-electron chi connectivity index (χ0n) is 11.8. The van der Waals surface area contributed by atoms with Crippen molar-refractivity contribution in [2.75, 3.05) is 12.5 Å². The highest BCUT2D eigenvalue weighted by molar-refractivity contribution is 7.13. The Morgan fingerprint density at radius 3 is 2.86 bits per heavy atom. The second-order valence-corrected chi connectivity index (χ2v) is 5.42. The van der Waals surface area contributed by atoms with E-state index in [1.165, 1.54) is 11.3 Å². The molecule has 3 aromatic rings. The first-order valence-corrected chi connectivity index (χ1v) is 7.43. The average Bonchev–Trinajstić information content (AvgIpc) is 2.93. The van der Waals surface area contributed by atoms with Gasteiger partial charge in [0.2, 0.25) is 5.13 Å². The second kappa shape index (κ2) is 5.93. The van der Waals surface area contributed by atoms with Crippen LogP contribution in [0.3, 0.4) is 0 Å². The van der Waals surface area contributed by atoms with E-state index in [-0.39, 0.29) is 0 Å². The monoisotopic (exact) mass is 297 g/mol. The summed E-state index contributed by atoms with van der Waals surface area (Å²) >= 11 is 1.53. The Hall–Kier alpha value is -2.40. The predicted molar refractivity (Wildman–Crippen MR) is 88.6 cm³/mol. The Labute approximate surface area is 127 Å². The van der Waals surface area contributed by atoms with Crippen LogP contribution in [0.1, 0.15) is 11.3 Å². The van der Waals surface area contributed by atoms with E-state index >= 15 is 0 Å². The highest BCUT2D eigenvalue weighted by atomic mass is 32.1. The molecule has 0 unspecified atom stereocenters. The quantitative estimate of drug-likeness (QED) is 0.583. The number of anilines is 1. The average molecular weight is 297 g/mol. The first-order chi connectivity index (χ1) is 10.3. The van der Waals surface area contributed by atoms with Gasteiger partial charge < -0.3 is 4.74 Å². The fourth-order valence-electron chi connectivity index (χ4n) is 2.14. The summed E-state index contributed by atoms with van der Waals surface area (Å²) in [7, 11) is 1.67. The molecule has 0 atom stereocenters. The third-order valence-corrected chi connectivity index (χ3v) is 3.99. The Kier molecular flexibility index (Phi) is 3.83.